The van der Waals surface area contributed by atoms with Crippen molar-refractivity contribution in [3.8, 4) is 0 Å². The summed E-state index contributed by atoms with van der Waals surface area (Å²) >= 11 is 1.64. The van der Waals surface area contributed by atoms with Gasteiger partial charge in [-0.2, -0.15) is 11.8 Å². The van der Waals surface area contributed by atoms with Gasteiger partial charge in [-0.05, 0) is 49.8 Å². The van der Waals surface area contributed by atoms with E-state index in [0.29, 0.717) is 24.4 Å². The van der Waals surface area contributed by atoms with Crippen molar-refractivity contribution in [2.24, 2.45) is 0 Å². The van der Waals surface area contributed by atoms with Crippen LogP contribution in [0.15, 0.2) is 41.1 Å². The third-order valence-corrected chi connectivity index (χ3v) is 4.95. The first-order chi connectivity index (χ1) is 12.7. The Hall–Kier alpha value is -2.28. The number of nitrogens with one attached hydrogen (secondary N) is 1. The number of aromatic nitrogens is 1. The van der Waals surface area contributed by atoms with Crippen LogP contribution in [-0.2, 0) is 5.75 Å². The van der Waals surface area contributed by atoms with E-state index >= 15 is 0 Å². The Morgan fingerprint density at radius 1 is 1.35 bits per heavy atom. The molecule has 2 amide bonds. The molecule has 7 heteroatoms. The van der Waals surface area contributed by atoms with Gasteiger partial charge in [-0.15, -0.1) is 0 Å². The lowest BCUT2D eigenvalue weighted by molar-refractivity contribution is 0.0734. The minimum Gasteiger partial charge on any atom is -0.455 e. The van der Waals surface area contributed by atoms with Crippen molar-refractivity contribution >= 4 is 23.6 Å². The number of hydrogen-bond acceptors (Lipinski definition) is 5. The molecular weight excluding hydrogens is 350 g/mol. The summed E-state index contributed by atoms with van der Waals surface area (Å²) in [6.07, 6.45) is 7.96. The molecule has 3 rings (SSSR count). The molecule has 2 aromatic rings. The van der Waals surface area contributed by atoms with E-state index in [1.165, 1.54) is 0 Å². The van der Waals surface area contributed by atoms with E-state index in [-0.39, 0.29) is 17.9 Å². The summed E-state index contributed by atoms with van der Waals surface area (Å²) in [5.74, 6) is 1.59. The van der Waals surface area contributed by atoms with Crippen LogP contribution in [0, 0.1) is 0 Å². The Labute approximate surface area is 157 Å². The topological polar surface area (TPSA) is 75.4 Å². The highest BCUT2D eigenvalue weighted by atomic mass is 32.2. The summed E-state index contributed by atoms with van der Waals surface area (Å²) in [5.41, 5.74) is 0.576. The molecule has 0 spiro atoms. The molecule has 0 radical (unpaired) electrons. The molecule has 1 fully saturated rings. The lowest BCUT2D eigenvalue weighted by Gasteiger charge is -2.25. The van der Waals surface area contributed by atoms with Crippen molar-refractivity contribution in [1.82, 2.24) is 15.2 Å². The van der Waals surface area contributed by atoms with E-state index in [2.05, 4.69) is 10.3 Å². The van der Waals surface area contributed by atoms with Crippen LogP contribution in [-0.4, -0.2) is 47.1 Å². The van der Waals surface area contributed by atoms with Gasteiger partial charge in [-0.25, -0.2) is 0 Å². The monoisotopic (exact) mass is 373 g/mol. The molecule has 0 aliphatic carbocycles. The van der Waals surface area contributed by atoms with Gasteiger partial charge in [0, 0.05) is 31.5 Å². The predicted octanol–water partition coefficient (Wildman–Crippen LogP) is 2.96. The average Bonchev–Trinajstić information content (AvgIpc) is 3.01. The fourth-order valence-corrected chi connectivity index (χ4v) is 3.53. The number of thioether (sulfide) groups is 1. The SMILES string of the molecule is CSCc1ccc(C(=O)NC2CCCCN(C(=O)c3cccnc3)C2)o1. The molecule has 1 aliphatic rings. The molecule has 26 heavy (non-hydrogen) atoms. The number of furan rings is 1. The van der Waals surface area contributed by atoms with E-state index in [4.69, 9.17) is 4.42 Å². The molecule has 0 aromatic carbocycles. The van der Waals surface area contributed by atoms with Crippen molar-refractivity contribution in [1.29, 1.82) is 0 Å². The molecule has 138 valence electrons. The summed E-state index contributed by atoms with van der Waals surface area (Å²) in [6, 6.07) is 6.98. The fraction of sp³-hybridized carbons (Fsp3) is 0.421. The highest BCUT2D eigenvalue weighted by Crippen LogP contribution is 2.16. The highest BCUT2D eigenvalue weighted by Gasteiger charge is 2.25. The van der Waals surface area contributed by atoms with E-state index in [1.807, 2.05) is 12.3 Å². The van der Waals surface area contributed by atoms with Crippen molar-refractivity contribution in [3.05, 3.63) is 53.7 Å². The minimum absolute atomic E-state index is 0.0421. The third kappa shape index (κ3) is 4.66. The molecule has 2 aromatic heterocycles. The van der Waals surface area contributed by atoms with Gasteiger partial charge in [0.1, 0.15) is 5.76 Å². The standard InChI is InChI=1S/C19H23N3O3S/c1-26-13-16-7-8-17(25-16)18(23)21-15-6-2-3-10-22(12-15)19(24)14-5-4-9-20-11-14/h4-5,7-9,11,15H,2-3,6,10,12-13H2,1H3,(H,21,23). The van der Waals surface area contributed by atoms with Crippen LogP contribution in [0.4, 0.5) is 0 Å². The van der Waals surface area contributed by atoms with Gasteiger partial charge in [0.25, 0.3) is 11.8 Å². The maximum Gasteiger partial charge on any atom is 0.287 e. The number of nitrogens with zero attached hydrogens (tertiary/aromatic N) is 2. The van der Waals surface area contributed by atoms with E-state index in [0.717, 1.165) is 30.8 Å². The van der Waals surface area contributed by atoms with Crippen LogP contribution < -0.4 is 5.32 Å². The maximum absolute atomic E-state index is 12.7. The molecule has 1 unspecified atom stereocenters. The molecule has 0 saturated carbocycles. The second-order valence-electron chi connectivity index (χ2n) is 6.36. The predicted molar refractivity (Wildman–Crippen MR) is 101 cm³/mol. The zero-order valence-electron chi connectivity index (χ0n) is 14.8. The van der Waals surface area contributed by atoms with Gasteiger partial charge in [0.2, 0.25) is 0 Å². The first kappa shape index (κ1) is 18.5. The molecule has 0 bridgehead atoms. The van der Waals surface area contributed by atoms with Gasteiger partial charge in [-0.1, -0.05) is 0 Å². The maximum atomic E-state index is 12.7. The Kier molecular flexibility index (Phi) is 6.33. The molecule has 3 heterocycles. The number of amides is 2. The second-order valence-corrected chi connectivity index (χ2v) is 7.22. The van der Waals surface area contributed by atoms with E-state index in [1.54, 1.807) is 47.3 Å². The van der Waals surface area contributed by atoms with Crippen molar-refractivity contribution < 1.29 is 14.0 Å². The van der Waals surface area contributed by atoms with Gasteiger partial charge in [0.05, 0.1) is 11.3 Å². The van der Waals surface area contributed by atoms with Gasteiger partial charge >= 0.3 is 0 Å². The summed E-state index contributed by atoms with van der Waals surface area (Å²) in [6.45, 7) is 1.19. The fourth-order valence-electron chi connectivity index (χ4n) is 3.09. The first-order valence-electron chi connectivity index (χ1n) is 8.75. The third-order valence-electron chi connectivity index (χ3n) is 4.37. The number of likely N-dealkylation sites (tertiary alicyclic amines) is 1. The van der Waals surface area contributed by atoms with E-state index in [9.17, 15) is 9.59 Å². The molecule has 1 aliphatic heterocycles. The molecule has 1 saturated heterocycles. The van der Waals surface area contributed by atoms with Crippen LogP contribution in [0.25, 0.3) is 0 Å². The summed E-state index contributed by atoms with van der Waals surface area (Å²) < 4.78 is 5.58. The minimum atomic E-state index is -0.224. The van der Waals surface area contributed by atoms with Crippen LogP contribution in [0.3, 0.4) is 0 Å². The van der Waals surface area contributed by atoms with Crippen LogP contribution in [0.5, 0.6) is 0 Å². The first-order valence-corrected chi connectivity index (χ1v) is 10.1. The quantitative estimate of drug-likeness (QED) is 0.872. The lowest BCUT2D eigenvalue weighted by atomic mass is 10.1. The van der Waals surface area contributed by atoms with Gasteiger partial charge in [0.15, 0.2) is 5.76 Å². The van der Waals surface area contributed by atoms with Crippen LogP contribution in [0.1, 0.15) is 45.9 Å². The van der Waals surface area contributed by atoms with Gasteiger partial charge < -0.3 is 14.6 Å². The second kappa shape index (κ2) is 8.89. The number of carbonyl (C=O) groups excluding carboxylic acids is 2. The number of pyridine rings is 1. The summed E-state index contributed by atoms with van der Waals surface area (Å²) in [4.78, 5) is 31.0. The molecule has 6 nitrogen and oxygen atoms in total. The number of rotatable bonds is 5. The number of hydrogen-bond donors (Lipinski definition) is 1. The normalized spacial score (nSPS) is 17.6. The number of carbonyl (C=O) groups is 2. The highest BCUT2D eigenvalue weighted by molar-refractivity contribution is 7.97. The Balaban J connectivity index is 1.63. The van der Waals surface area contributed by atoms with Crippen molar-refractivity contribution in [3.63, 3.8) is 0 Å². The zero-order chi connectivity index (χ0) is 18.4. The van der Waals surface area contributed by atoms with Gasteiger partial charge in [-0.3, -0.25) is 14.6 Å². The lowest BCUT2D eigenvalue weighted by Crippen LogP contribution is -2.44. The summed E-state index contributed by atoms with van der Waals surface area (Å²) in [7, 11) is 0. The molecular formula is C19H23N3O3S. The summed E-state index contributed by atoms with van der Waals surface area (Å²) in [5, 5.41) is 3.02. The molecule has 1 N–H and O–H groups in total. The van der Waals surface area contributed by atoms with Crippen molar-refractivity contribution in [2.45, 2.75) is 31.1 Å². The van der Waals surface area contributed by atoms with Crippen LogP contribution >= 0.6 is 11.8 Å². The van der Waals surface area contributed by atoms with Crippen molar-refractivity contribution in [2.75, 3.05) is 19.3 Å². The zero-order valence-corrected chi connectivity index (χ0v) is 15.6. The van der Waals surface area contributed by atoms with Crippen LogP contribution in [0.2, 0.25) is 0 Å². The molecule has 1 atom stereocenters. The Morgan fingerprint density at radius 3 is 3.00 bits per heavy atom. The average molecular weight is 373 g/mol. The smallest absolute Gasteiger partial charge is 0.287 e. The Morgan fingerprint density at radius 2 is 2.23 bits per heavy atom. The largest absolute Gasteiger partial charge is 0.455 e. The Bertz CT molecular complexity index is 747. The van der Waals surface area contributed by atoms with E-state index < -0.39 is 0 Å².